The maximum Gasteiger partial charge on any atom is 0.417 e. The molecule has 0 unspecified atom stereocenters. The van der Waals surface area contributed by atoms with Crippen LogP contribution < -0.4 is 10.2 Å². The smallest absolute Gasteiger partial charge is 0.354 e. The molecule has 7 nitrogen and oxygen atoms in total. The molecule has 1 N–H and O–H groups in total. The summed E-state index contributed by atoms with van der Waals surface area (Å²) >= 11 is 0. The highest BCUT2D eigenvalue weighted by Crippen LogP contribution is 2.46. The molecule has 1 spiro atoms. The zero-order valence-corrected chi connectivity index (χ0v) is 18.7. The molecule has 10 heteroatoms. The number of carbonyl (C=O) groups is 2. The largest absolute Gasteiger partial charge is 0.417 e. The lowest BCUT2D eigenvalue weighted by Crippen LogP contribution is -2.55. The second-order valence-electron chi connectivity index (χ2n) is 10.2. The molecule has 1 aliphatic carbocycles. The van der Waals surface area contributed by atoms with Crippen LogP contribution in [0.4, 0.5) is 23.8 Å². The van der Waals surface area contributed by atoms with Gasteiger partial charge in [0.2, 0.25) is 0 Å². The Labute approximate surface area is 185 Å². The molecule has 0 aromatic carbocycles. The van der Waals surface area contributed by atoms with Gasteiger partial charge in [-0.1, -0.05) is 20.8 Å². The molecule has 176 valence electrons. The monoisotopic (exact) mass is 453 g/mol. The third kappa shape index (κ3) is 4.42. The summed E-state index contributed by atoms with van der Waals surface area (Å²) in [4.78, 5) is 35.2. The van der Waals surface area contributed by atoms with Crippen LogP contribution in [0, 0.1) is 11.3 Å². The van der Waals surface area contributed by atoms with E-state index in [1.165, 1.54) is 11.0 Å². The van der Waals surface area contributed by atoms with Crippen molar-refractivity contribution in [2.75, 3.05) is 37.7 Å². The minimum absolute atomic E-state index is 0.0170. The fourth-order valence-corrected chi connectivity index (χ4v) is 5.69. The van der Waals surface area contributed by atoms with Crippen molar-refractivity contribution in [3.05, 3.63) is 23.9 Å². The van der Waals surface area contributed by atoms with Crippen LogP contribution in [0.25, 0.3) is 0 Å². The molecular weight excluding hydrogens is 423 g/mol. The number of anilines is 1. The van der Waals surface area contributed by atoms with E-state index >= 15 is 0 Å². The van der Waals surface area contributed by atoms with Crippen molar-refractivity contribution in [3.8, 4) is 0 Å². The maximum atomic E-state index is 13.3. The number of hydrogen-bond donors (Lipinski definition) is 1. The lowest BCUT2D eigenvalue weighted by atomic mass is 9.64. The predicted octanol–water partition coefficient (Wildman–Crippen LogP) is 3.32. The lowest BCUT2D eigenvalue weighted by molar-refractivity contribution is -0.138. The molecule has 1 aromatic heterocycles. The Kier molecular flexibility index (Phi) is 5.63. The Hall–Kier alpha value is -2.36. The summed E-state index contributed by atoms with van der Waals surface area (Å²) in [6, 6.07) is 2.08. The summed E-state index contributed by atoms with van der Waals surface area (Å²) in [7, 11) is 0. The number of hydrogen-bond acceptors (Lipinski definition) is 5. The zero-order chi connectivity index (χ0) is 23.3. The minimum Gasteiger partial charge on any atom is -0.354 e. The molecule has 1 saturated carbocycles. The lowest BCUT2D eigenvalue weighted by Gasteiger charge is -2.44. The van der Waals surface area contributed by atoms with Crippen molar-refractivity contribution in [2.24, 2.45) is 11.3 Å². The zero-order valence-electron chi connectivity index (χ0n) is 18.7. The number of halogens is 3. The Morgan fingerprint density at radius 3 is 2.38 bits per heavy atom. The van der Waals surface area contributed by atoms with Gasteiger partial charge in [-0.3, -0.25) is 9.69 Å². The van der Waals surface area contributed by atoms with Crippen molar-refractivity contribution in [1.82, 2.24) is 20.1 Å². The van der Waals surface area contributed by atoms with Crippen molar-refractivity contribution in [2.45, 2.75) is 51.7 Å². The van der Waals surface area contributed by atoms with Gasteiger partial charge in [-0.15, -0.1) is 0 Å². The van der Waals surface area contributed by atoms with E-state index < -0.39 is 17.3 Å². The topological polar surface area (TPSA) is 68.8 Å². The van der Waals surface area contributed by atoms with Gasteiger partial charge in [0.25, 0.3) is 5.91 Å². The predicted molar refractivity (Wildman–Crippen MR) is 113 cm³/mol. The van der Waals surface area contributed by atoms with E-state index in [9.17, 15) is 22.8 Å². The Bertz CT molecular complexity index is 881. The van der Waals surface area contributed by atoms with E-state index in [1.54, 1.807) is 0 Å². The van der Waals surface area contributed by atoms with E-state index in [4.69, 9.17) is 0 Å². The van der Waals surface area contributed by atoms with Gasteiger partial charge < -0.3 is 10.2 Å². The van der Waals surface area contributed by atoms with Crippen molar-refractivity contribution >= 4 is 17.8 Å². The summed E-state index contributed by atoms with van der Waals surface area (Å²) in [5.41, 5.74) is -1.60. The van der Waals surface area contributed by atoms with Crippen molar-refractivity contribution < 1.29 is 22.8 Å². The number of rotatable bonds is 3. The summed E-state index contributed by atoms with van der Waals surface area (Å²) < 4.78 is 38.2. The molecule has 2 aliphatic heterocycles. The summed E-state index contributed by atoms with van der Waals surface area (Å²) in [6.45, 7) is 8.88. The molecule has 3 aliphatic rings. The van der Waals surface area contributed by atoms with Crippen LogP contribution >= 0.6 is 0 Å². The van der Waals surface area contributed by atoms with Crippen LogP contribution in [0.5, 0.6) is 0 Å². The molecule has 1 aromatic rings. The fourth-order valence-electron chi connectivity index (χ4n) is 5.69. The Balaban J connectivity index is 1.36. The molecule has 3 heterocycles. The van der Waals surface area contributed by atoms with Crippen LogP contribution in [0.15, 0.2) is 18.3 Å². The normalized spacial score (nSPS) is 29.0. The van der Waals surface area contributed by atoms with E-state index in [2.05, 4.69) is 31.1 Å². The van der Waals surface area contributed by atoms with Crippen molar-refractivity contribution in [1.29, 1.82) is 0 Å². The quantitative estimate of drug-likeness (QED) is 0.712. The number of nitrogens with one attached hydrogen (secondary N) is 1. The van der Waals surface area contributed by atoms with Crippen LogP contribution in [-0.2, 0) is 11.0 Å². The van der Waals surface area contributed by atoms with Gasteiger partial charge in [-0.2, -0.15) is 13.2 Å². The fraction of sp³-hybridized carbons (Fsp3) is 0.682. The highest BCUT2D eigenvalue weighted by molar-refractivity contribution is 6.07. The standard InChI is InChI=1S/C22H30F3N5O2/c1-15-10-20(2,3)13-21(11-15)18(31)30(19(32)27-21)14-28-6-8-29(9-7-28)17-5-4-16(12-26-17)22(23,24)25/h4-5,12,15H,6-11,13-14H2,1-3H3,(H,27,32)/t15-,21-/m1/s1. The average Bonchev–Trinajstić information content (AvgIpc) is 2.89. The summed E-state index contributed by atoms with van der Waals surface area (Å²) in [5.74, 6) is 0.696. The summed E-state index contributed by atoms with van der Waals surface area (Å²) in [6.07, 6.45) is -1.24. The molecule has 3 amide bonds. The number of piperazine rings is 1. The van der Waals surface area contributed by atoms with Gasteiger partial charge in [0.1, 0.15) is 11.4 Å². The number of imide groups is 1. The van der Waals surface area contributed by atoms with Crippen LogP contribution in [0.3, 0.4) is 0 Å². The summed E-state index contributed by atoms with van der Waals surface area (Å²) in [5, 5.41) is 3.00. The van der Waals surface area contributed by atoms with E-state index in [0.717, 1.165) is 18.7 Å². The van der Waals surface area contributed by atoms with Gasteiger partial charge in [0.15, 0.2) is 0 Å². The van der Waals surface area contributed by atoms with Crippen LogP contribution in [-0.4, -0.2) is 65.1 Å². The minimum atomic E-state index is -4.41. The van der Waals surface area contributed by atoms with Crippen LogP contribution in [0.2, 0.25) is 0 Å². The van der Waals surface area contributed by atoms with Gasteiger partial charge in [0, 0.05) is 32.4 Å². The number of aromatic nitrogens is 1. The van der Waals surface area contributed by atoms with Gasteiger partial charge in [-0.25, -0.2) is 14.7 Å². The number of carbonyl (C=O) groups excluding carboxylic acids is 2. The first-order valence-corrected chi connectivity index (χ1v) is 11.0. The van der Waals surface area contributed by atoms with Crippen LogP contribution in [0.1, 0.15) is 45.6 Å². The first kappa shape index (κ1) is 22.8. The number of alkyl halides is 3. The first-order chi connectivity index (χ1) is 14.9. The van der Waals surface area contributed by atoms with Gasteiger partial charge >= 0.3 is 12.2 Å². The van der Waals surface area contributed by atoms with Crippen molar-refractivity contribution in [3.63, 3.8) is 0 Å². The molecule has 0 bridgehead atoms. The van der Waals surface area contributed by atoms with E-state index in [-0.39, 0.29) is 24.0 Å². The third-order valence-corrected chi connectivity index (χ3v) is 6.74. The molecule has 4 rings (SSSR count). The molecule has 0 radical (unpaired) electrons. The molecular formula is C22H30F3N5O2. The number of urea groups is 1. The number of pyridine rings is 1. The van der Waals surface area contributed by atoms with Gasteiger partial charge in [-0.05, 0) is 42.7 Å². The third-order valence-electron chi connectivity index (χ3n) is 6.74. The van der Waals surface area contributed by atoms with E-state index in [1.807, 2.05) is 9.80 Å². The maximum absolute atomic E-state index is 13.3. The Morgan fingerprint density at radius 1 is 1.12 bits per heavy atom. The highest BCUT2D eigenvalue weighted by atomic mass is 19.4. The molecule has 2 atom stereocenters. The average molecular weight is 454 g/mol. The SMILES string of the molecule is C[C@@H]1CC(C)(C)C[C@@]2(C1)NC(=O)N(CN1CCN(c3ccc(C(F)(F)F)cn3)CC1)C2=O. The second-order valence-corrected chi connectivity index (χ2v) is 10.2. The highest BCUT2D eigenvalue weighted by Gasteiger charge is 2.56. The molecule has 2 saturated heterocycles. The van der Waals surface area contributed by atoms with Gasteiger partial charge in [0.05, 0.1) is 12.2 Å². The molecule has 3 fully saturated rings. The Morgan fingerprint density at radius 2 is 1.81 bits per heavy atom. The number of nitrogens with zero attached hydrogens (tertiary/aromatic N) is 4. The van der Waals surface area contributed by atoms with E-state index in [0.29, 0.717) is 50.8 Å². The first-order valence-electron chi connectivity index (χ1n) is 11.0. The second kappa shape index (κ2) is 7.90. The molecule has 32 heavy (non-hydrogen) atoms. The number of amides is 3.